The molecule has 0 spiro atoms. The first-order valence-electron chi connectivity index (χ1n) is 11.0. The molecular weight excluding hydrogens is 387 g/mol. The van der Waals surface area contributed by atoms with E-state index in [1.165, 1.54) is 31.4 Å². The molecule has 3 aliphatic rings. The van der Waals surface area contributed by atoms with E-state index in [4.69, 9.17) is 0 Å². The zero-order chi connectivity index (χ0) is 20.4. The second-order valence-corrected chi connectivity index (χ2v) is 10.0. The molecule has 2 atom stereocenters. The lowest BCUT2D eigenvalue weighted by Crippen LogP contribution is -2.53. The van der Waals surface area contributed by atoms with E-state index in [1.54, 1.807) is 23.9 Å². The van der Waals surface area contributed by atoms with Crippen molar-refractivity contribution in [1.29, 1.82) is 0 Å². The lowest BCUT2D eigenvalue weighted by Gasteiger charge is -2.38. The molecule has 4 nitrogen and oxygen atoms in total. The topological polar surface area (TPSA) is 40.6 Å². The Morgan fingerprint density at radius 2 is 1.79 bits per heavy atom. The highest BCUT2D eigenvalue weighted by atomic mass is 32.2. The number of likely N-dealkylation sites (tertiary alicyclic amines) is 1. The maximum absolute atomic E-state index is 13.8. The van der Waals surface area contributed by atoms with Gasteiger partial charge < -0.3 is 9.80 Å². The average molecular weight is 419 g/mol. The van der Waals surface area contributed by atoms with Crippen LogP contribution in [0.15, 0.2) is 24.3 Å². The number of hydrogen-bond donors (Lipinski definition) is 0. The van der Waals surface area contributed by atoms with Gasteiger partial charge in [-0.15, -0.1) is 11.8 Å². The number of rotatable bonds is 3. The highest BCUT2D eigenvalue weighted by Gasteiger charge is 2.46. The molecule has 2 amide bonds. The number of carbonyl (C=O) groups is 2. The van der Waals surface area contributed by atoms with Crippen LogP contribution in [0.3, 0.4) is 0 Å². The predicted octanol–water partition coefficient (Wildman–Crippen LogP) is 4.55. The van der Waals surface area contributed by atoms with E-state index >= 15 is 0 Å². The summed E-state index contributed by atoms with van der Waals surface area (Å²) in [5.41, 5.74) is 0.346. The predicted molar refractivity (Wildman–Crippen MR) is 114 cm³/mol. The van der Waals surface area contributed by atoms with E-state index in [0.717, 1.165) is 38.8 Å². The fraction of sp³-hybridized carbons (Fsp3) is 0.652. The summed E-state index contributed by atoms with van der Waals surface area (Å²) < 4.78 is 13.8. The summed E-state index contributed by atoms with van der Waals surface area (Å²) in [4.78, 5) is 30.6. The number of halogens is 1. The Morgan fingerprint density at radius 1 is 1.07 bits per heavy atom. The van der Waals surface area contributed by atoms with E-state index in [9.17, 15) is 14.0 Å². The number of hydrogen-bond acceptors (Lipinski definition) is 3. The smallest absolute Gasteiger partial charge is 0.255 e. The zero-order valence-electron chi connectivity index (χ0n) is 17.2. The Morgan fingerprint density at radius 3 is 2.48 bits per heavy atom. The molecule has 1 aromatic rings. The third-order valence-corrected chi connectivity index (χ3v) is 8.24. The van der Waals surface area contributed by atoms with Crippen LogP contribution in [0.5, 0.6) is 0 Å². The first-order valence-corrected chi connectivity index (χ1v) is 12.1. The second-order valence-electron chi connectivity index (χ2n) is 8.87. The van der Waals surface area contributed by atoms with Crippen molar-refractivity contribution >= 4 is 23.6 Å². The van der Waals surface area contributed by atoms with Gasteiger partial charge in [0.1, 0.15) is 11.9 Å². The van der Waals surface area contributed by atoms with Gasteiger partial charge in [0.15, 0.2) is 0 Å². The molecule has 6 heteroatoms. The van der Waals surface area contributed by atoms with Crippen LogP contribution < -0.4 is 0 Å². The van der Waals surface area contributed by atoms with Gasteiger partial charge in [0, 0.05) is 24.4 Å². The van der Waals surface area contributed by atoms with Crippen molar-refractivity contribution in [3.8, 4) is 0 Å². The van der Waals surface area contributed by atoms with Crippen LogP contribution in [0, 0.1) is 17.7 Å². The fourth-order valence-electron chi connectivity index (χ4n) is 4.97. The molecule has 4 rings (SSSR count). The van der Waals surface area contributed by atoms with Crippen LogP contribution in [0.1, 0.15) is 62.2 Å². The maximum Gasteiger partial charge on any atom is 0.255 e. The molecule has 0 bridgehead atoms. The van der Waals surface area contributed by atoms with Crippen LogP contribution >= 0.6 is 11.8 Å². The fourth-order valence-corrected chi connectivity index (χ4v) is 6.60. The lowest BCUT2D eigenvalue weighted by molar-refractivity contribution is -0.136. The molecule has 1 aromatic carbocycles. The summed E-state index contributed by atoms with van der Waals surface area (Å²) >= 11 is 1.75. The first-order chi connectivity index (χ1) is 14.0. The number of nitrogens with zero attached hydrogens (tertiary/aromatic N) is 2. The third-order valence-electron chi connectivity index (χ3n) is 6.77. The summed E-state index contributed by atoms with van der Waals surface area (Å²) in [5, 5.41) is 0.0173. The quantitative estimate of drug-likeness (QED) is 0.723. The third kappa shape index (κ3) is 4.47. The molecule has 2 saturated heterocycles. The molecule has 0 aromatic heterocycles. The van der Waals surface area contributed by atoms with Gasteiger partial charge in [0.05, 0.1) is 5.37 Å². The summed E-state index contributed by atoms with van der Waals surface area (Å²) in [6, 6.07) is 5.45. The van der Waals surface area contributed by atoms with Crippen molar-refractivity contribution in [3.05, 3.63) is 35.6 Å². The van der Waals surface area contributed by atoms with E-state index in [2.05, 4.69) is 6.92 Å². The Hall–Kier alpha value is -1.56. The van der Waals surface area contributed by atoms with Crippen molar-refractivity contribution in [2.45, 2.75) is 63.3 Å². The molecule has 29 heavy (non-hydrogen) atoms. The minimum absolute atomic E-state index is 0.0173. The van der Waals surface area contributed by atoms with Gasteiger partial charge in [0.2, 0.25) is 5.91 Å². The molecule has 0 unspecified atom stereocenters. The van der Waals surface area contributed by atoms with Crippen LogP contribution in [0.4, 0.5) is 4.39 Å². The lowest BCUT2D eigenvalue weighted by atomic mass is 9.88. The van der Waals surface area contributed by atoms with Gasteiger partial charge in [-0.1, -0.05) is 32.3 Å². The maximum atomic E-state index is 13.8. The van der Waals surface area contributed by atoms with Gasteiger partial charge in [-0.05, 0) is 55.7 Å². The SMILES string of the molecule is CC1CCN(C(=O)[C@@H]2CS[C@H](C3CCCCC3)N2C(=O)c2cccc(F)c2)CC1. The van der Waals surface area contributed by atoms with Gasteiger partial charge >= 0.3 is 0 Å². The molecule has 1 aliphatic carbocycles. The monoisotopic (exact) mass is 418 g/mol. The Bertz CT molecular complexity index is 744. The largest absolute Gasteiger partial charge is 0.341 e. The van der Waals surface area contributed by atoms with Gasteiger partial charge in [0.25, 0.3) is 5.91 Å². The minimum atomic E-state index is -0.434. The molecule has 158 valence electrons. The van der Waals surface area contributed by atoms with Crippen LogP contribution in [0.25, 0.3) is 0 Å². The Labute approximate surface area is 177 Å². The van der Waals surface area contributed by atoms with E-state index in [0.29, 0.717) is 23.2 Å². The number of amides is 2. The van der Waals surface area contributed by atoms with Crippen molar-refractivity contribution in [3.63, 3.8) is 0 Å². The summed E-state index contributed by atoms with van der Waals surface area (Å²) in [6.45, 7) is 3.78. The summed E-state index contributed by atoms with van der Waals surface area (Å²) in [5.74, 6) is 1.18. The molecule has 0 N–H and O–H groups in total. The normalized spacial score (nSPS) is 26.7. The molecule has 0 radical (unpaired) electrons. The highest BCUT2D eigenvalue weighted by molar-refractivity contribution is 8.00. The van der Waals surface area contributed by atoms with E-state index < -0.39 is 11.9 Å². The van der Waals surface area contributed by atoms with Gasteiger partial charge in [-0.2, -0.15) is 0 Å². The standard InChI is InChI=1S/C23H31FN2O2S/c1-16-10-12-25(13-11-16)22(28)20-15-29-23(17-6-3-2-4-7-17)26(20)21(27)18-8-5-9-19(24)14-18/h5,8-9,14,16-17,20,23H,2-4,6-7,10-13,15H2,1H3/t20-,23+/m0/s1. The summed E-state index contributed by atoms with van der Waals surface area (Å²) in [6.07, 6.45) is 7.88. The number of benzene rings is 1. The minimum Gasteiger partial charge on any atom is -0.341 e. The molecule has 3 fully saturated rings. The van der Waals surface area contributed by atoms with Gasteiger partial charge in [-0.25, -0.2) is 4.39 Å². The van der Waals surface area contributed by atoms with Gasteiger partial charge in [-0.3, -0.25) is 9.59 Å². The zero-order valence-corrected chi connectivity index (χ0v) is 18.0. The molecular formula is C23H31FN2O2S. The van der Waals surface area contributed by atoms with Crippen molar-refractivity contribution in [1.82, 2.24) is 9.80 Å². The van der Waals surface area contributed by atoms with E-state index in [1.807, 2.05) is 9.80 Å². The second kappa shape index (κ2) is 9.07. The first kappa shape index (κ1) is 20.7. The van der Waals surface area contributed by atoms with E-state index in [-0.39, 0.29) is 17.2 Å². The molecule has 2 aliphatic heterocycles. The van der Waals surface area contributed by atoms with Crippen molar-refractivity contribution in [2.24, 2.45) is 11.8 Å². The number of piperidine rings is 1. The number of carbonyl (C=O) groups excluding carboxylic acids is 2. The average Bonchev–Trinajstić information content (AvgIpc) is 3.19. The summed E-state index contributed by atoms with van der Waals surface area (Å²) in [7, 11) is 0. The van der Waals surface area contributed by atoms with Crippen LogP contribution in [-0.2, 0) is 4.79 Å². The van der Waals surface area contributed by atoms with Crippen molar-refractivity contribution < 1.29 is 14.0 Å². The van der Waals surface area contributed by atoms with Crippen molar-refractivity contribution in [2.75, 3.05) is 18.8 Å². The molecule has 2 heterocycles. The number of thioether (sulfide) groups is 1. The van der Waals surface area contributed by atoms with Crippen LogP contribution in [-0.4, -0.2) is 51.9 Å². The Kier molecular flexibility index (Phi) is 6.47. The van der Waals surface area contributed by atoms with Crippen LogP contribution in [0.2, 0.25) is 0 Å². The molecule has 1 saturated carbocycles. The highest BCUT2D eigenvalue weighted by Crippen LogP contribution is 2.41. The Balaban J connectivity index is 1.59.